The summed E-state index contributed by atoms with van der Waals surface area (Å²) in [7, 11) is 0. The van der Waals surface area contributed by atoms with Gasteiger partial charge in [-0.1, -0.05) is 53.1 Å². The lowest BCUT2D eigenvalue weighted by Gasteiger charge is -2.04. The third-order valence-electron chi connectivity index (χ3n) is 4.58. The molecule has 5 heteroatoms. The Morgan fingerprint density at radius 1 is 1.07 bits per heavy atom. The zero-order valence-electron chi connectivity index (χ0n) is 15.2. The van der Waals surface area contributed by atoms with Crippen LogP contribution in [-0.4, -0.2) is 17.4 Å². The number of pyridine rings is 1. The van der Waals surface area contributed by atoms with E-state index in [0.717, 1.165) is 33.0 Å². The number of carbonyl (C=O) groups is 1. The largest absolute Gasteiger partial charge is 0.351 e. The maximum Gasteiger partial charge on any atom is 0.261 e. The molecule has 0 radical (unpaired) electrons. The van der Waals surface area contributed by atoms with Crippen LogP contribution in [0.25, 0.3) is 21.0 Å². The zero-order valence-corrected chi connectivity index (χ0v) is 16.7. The summed E-state index contributed by atoms with van der Waals surface area (Å²) in [6.07, 6.45) is 0.808. The topological polar surface area (TPSA) is 42.0 Å². The fourth-order valence-electron chi connectivity index (χ4n) is 3.23. The molecule has 4 rings (SSSR count). The first-order valence-corrected chi connectivity index (χ1v) is 10.0. The summed E-state index contributed by atoms with van der Waals surface area (Å²) in [5.74, 6) is -0.0688. The second-order valence-electron chi connectivity index (χ2n) is 6.77. The maximum atomic E-state index is 12.6. The number of carbonyl (C=O) groups excluding carboxylic acids is 1. The minimum absolute atomic E-state index is 0.0688. The SMILES string of the molecule is Cc1cccc(CCNC(=O)c2cc3c(Cl)nc4ccc(C)cc4c3s2)c1. The van der Waals surface area contributed by atoms with Crippen LogP contribution in [0.4, 0.5) is 0 Å². The number of aromatic nitrogens is 1. The van der Waals surface area contributed by atoms with E-state index in [1.807, 2.05) is 31.2 Å². The van der Waals surface area contributed by atoms with E-state index in [9.17, 15) is 4.79 Å². The minimum Gasteiger partial charge on any atom is -0.351 e. The number of nitrogens with zero attached hydrogens (tertiary/aromatic N) is 1. The van der Waals surface area contributed by atoms with Crippen molar-refractivity contribution in [2.45, 2.75) is 20.3 Å². The number of nitrogens with one attached hydrogen (secondary N) is 1. The lowest BCUT2D eigenvalue weighted by atomic mass is 10.1. The molecular weight excluding hydrogens is 376 g/mol. The molecule has 0 aliphatic heterocycles. The van der Waals surface area contributed by atoms with Crippen molar-refractivity contribution in [2.24, 2.45) is 0 Å². The summed E-state index contributed by atoms with van der Waals surface area (Å²) in [5.41, 5.74) is 4.46. The van der Waals surface area contributed by atoms with Gasteiger partial charge in [0.25, 0.3) is 5.91 Å². The Balaban J connectivity index is 1.58. The lowest BCUT2D eigenvalue weighted by Crippen LogP contribution is -2.24. The van der Waals surface area contributed by atoms with E-state index in [2.05, 4.69) is 41.5 Å². The highest BCUT2D eigenvalue weighted by atomic mass is 35.5. The van der Waals surface area contributed by atoms with Crippen molar-refractivity contribution < 1.29 is 4.79 Å². The van der Waals surface area contributed by atoms with Gasteiger partial charge in [0.1, 0.15) is 5.15 Å². The monoisotopic (exact) mass is 394 g/mol. The normalized spacial score (nSPS) is 11.2. The Bertz CT molecular complexity index is 1170. The Morgan fingerprint density at radius 2 is 1.89 bits per heavy atom. The van der Waals surface area contributed by atoms with Crippen molar-refractivity contribution in [3.8, 4) is 0 Å². The molecule has 0 bridgehead atoms. The Morgan fingerprint density at radius 3 is 2.70 bits per heavy atom. The van der Waals surface area contributed by atoms with Gasteiger partial charge in [0.2, 0.25) is 0 Å². The van der Waals surface area contributed by atoms with Gasteiger partial charge in [-0.15, -0.1) is 11.3 Å². The first kappa shape index (κ1) is 18.0. The predicted octanol–water partition coefficient (Wildman–Crippen LogP) is 5.69. The molecule has 1 N–H and O–H groups in total. The van der Waals surface area contributed by atoms with Crippen LogP contribution in [0.3, 0.4) is 0 Å². The third-order valence-corrected chi connectivity index (χ3v) is 6.03. The van der Waals surface area contributed by atoms with Crippen molar-refractivity contribution in [3.63, 3.8) is 0 Å². The molecule has 3 nitrogen and oxygen atoms in total. The smallest absolute Gasteiger partial charge is 0.261 e. The Labute approximate surface area is 167 Å². The quantitative estimate of drug-likeness (QED) is 0.451. The molecule has 0 aliphatic carbocycles. The van der Waals surface area contributed by atoms with Crippen LogP contribution in [0.15, 0.2) is 48.5 Å². The molecule has 0 fully saturated rings. The van der Waals surface area contributed by atoms with Crippen LogP contribution in [0, 0.1) is 13.8 Å². The molecule has 0 saturated heterocycles. The predicted molar refractivity (Wildman–Crippen MR) is 114 cm³/mol. The molecule has 0 aliphatic rings. The average Bonchev–Trinajstić information content (AvgIpc) is 3.09. The van der Waals surface area contributed by atoms with Crippen molar-refractivity contribution in [3.05, 3.63) is 75.3 Å². The van der Waals surface area contributed by atoms with Gasteiger partial charge < -0.3 is 5.32 Å². The van der Waals surface area contributed by atoms with E-state index < -0.39 is 0 Å². The molecule has 1 amide bonds. The molecule has 0 saturated carbocycles. The van der Waals surface area contributed by atoms with Gasteiger partial charge in [-0.05, 0) is 44.0 Å². The highest BCUT2D eigenvalue weighted by Gasteiger charge is 2.15. The van der Waals surface area contributed by atoms with Crippen LogP contribution in [0.1, 0.15) is 26.4 Å². The highest BCUT2D eigenvalue weighted by Crippen LogP contribution is 2.36. The Hall–Kier alpha value is -2.43. The zero-order chi connectivity index (χ0) is 19.0. The maximum absolute atomic E-state index is 12.6. The molecule has 4 aromatic rings. The average molecular weight is 395 g/mol. The third kappa shape index (κ3) is 3.68. The van der Waals surface area contributed by atoms with Crippen LogP contribution >= 0.6 is 22.9 Å². The van der Waals surface area contributed by atoms with E-state index in [1.54, 1.807) is 0 Å². The number of thiophene rings is 1. The van der Waals surface area contributed by atoms with Crippen molar-refractivity contribution >= 4 is 49.8 Å². The molecule has 2 aromatic heterocycles. The fraction of sp³-hybridized carbons (Fsp3) is 0.182. The number of fused-ring (bicyclic) bond motifs is 3. The number of aryl methyl sites for hydroxylation is 2. The second-order valence-corrected chi connectivity index (χ2v) is 8.18. The van der Waals surface area contributed by atoms with Gasteiger partial charge in [-0.3, -0.25) is 4.79 Å². The van der Waals surface area contributed by atoms with Crippen LogP contribution in [-0.2, 0) is 6.42 Å². The molecule has 0 atom stereocenters. The van der Waals surface area contributed by atoms with Crippen LogP contribution in [0.2, 0.25) is 5.15 Å². The number of rotatable bonds is 4. The first-order valence-electron chi connectivity index (χ1n) is 8.84. The van der Waals surface area contributed by atoms with Crippen LogP contribution < -0.4 is 5.32 Å². The summed E-state index contributed by atoms with van der Waals surface area (Å²) in [6.45, 7) is 4.72. The molecule has 0 unspecified atom stereocenters. The molecule has 2 heterocycles. The number of halogens is 1. The fourth-order valence-corrected chi connectivity index (χ4v) is 4.62. The number of hydrogen-bond acceptors (Lipinski definition) is 3. The molecule has 0 spiro atoms. The molecule has 136 valence electrons. The Kier molecular flexibility index (Phi) is 4.85. The summed E-state index contributed by atoms with van der Waals surface area (Å²) in [6, 6.07) is 16.3. The first-order chi connectivity index (χ1) is 13.0. The lowest BCUT2D eigenvalue weighted by molar-refractivity contribution is 0.0958. The summed E-state index contributed by atoms with van der Waals surface area (Å²) >= 11 is 7.83. The minimum atomic E-state index is -0.0688. The van der Waals surface area contributed by atoms with Gasteiger partial charge in [0, 0.05) is 22.0 Å². The van der Waals surface area contributed by atoms with Gasteiger partial charge in [0.05, 0.1) is 10.4 Å². The van der Waals surface area contributed by atoms with E-state index in [-0.39, 0.29) is 5.91 Å². The molecular formula is C22H19ClN2OS. The van der Waals surface area contributed by atoms with Crippen molar-refractivity contribution in [1.29, 1.82) is 0 Å². The standard InChI is InChI=1S/C22H19ClN2OS/c1-13-4-3-5-15(10-13)8-9-24-22(26)19-12-17-20(27-19)16-11-14(2)6-7-18(16)25-21(17)23/h3-7,10-12H,8-9H2,1-2H3,(H,24,26). The van der Waals surface area contributed by atoms with E-state index in [1.165, 1.54) is 22.5 Å². The van der Waals surface area contributed by atoms with E-state index >= 15 is 0 Å². The molecule has 2 aromatic carbocycles. The van der Waals surface area contributed by atoms with Gasteiger partial charge in [-0.2, -0.15) is 0 Å². The summed E-state index contributed by atoms with van der Waals surface area (Å²) < 4.78 is 1.01. The second kappa shape index (κ2) is 7.29. The number of benzene rings is 2. The summed E-state index contributed by atoms with van der Waals surface area (Å²) in [5, 5.41) is 5.33. The highest BCUT2D eigenvalue weighted by molar-refractivity contribution is 7.21. The van der Waals surface area contributed by atoms with E-state index in [0.29, 0.717) is 16.6 Å². The van der Waals surface area contributed by atoms with Gasteiger partial charge >= 0.3 is 0 Å². The van der Waals surface area contributed by atoms with Crippen molar-refractivity contribution in [1.82, 2.24) is 10.3 Å². The summed E-state index contributed by atoms with van der Waals surface area (Å²) in [4.78, 5) is 17.7. The number of amides is 1. The molecule has 27 heavy (non-hydrogen) atoms. The van der Waals surface area contributed by atoms with Gasteiger partial charge in [0.15, 0.2) is 0 Å². The van der Waals surface area contributed by atoms with E-state index in [4.69, 9.17) is 11.6 Å². The van der Waals surface area contributed by atoms with Gasteiger partial charge in [-0.25, -0.2) is 4.98 Å². The van der Waals surface area contributed by atoms with Crippen LogP contribution in [0.5, 0.6) is 0 Å². The van der Waals surface area contributed by atoms with Crippen molar-refractivity contribution in [2.75, 3.05) is 6.54 Å². The number of hydrogen-bond donors (Lipinski definition) is 1.